The highest BCUT2D eigenvalue weighted by Gasteiger charge is 2.03. The molecule has 0 atom stereocenters. The molecule has 0 fully saturated rings. The minimum Gasteiger partial charge on any atom is -0.325 e. The van der Waals surface area contributed by atoms with Crippen molar-refractivity contribution < 1.29 is 4.39 Å². The number of thiazole rings is 1. The zero-order chi connectivity index (χ0) is 9.97. The van der Waals surface area contributed by atoms with Gasteiger partial charge in [0, 0.05) is 17.5 Å². The Hall–Kier alpha value is -0.970. The molecule has 2 aromatic rings. The molecule has 0 spiro atoms. The molecule has 1 aromatic carbocycles. The topological polar surface area (TPSA) is 38.9 Å². The Kier molecular flexibility index (Phi) is 4.20. The molecule has 0 aliphatic carbocycles. The lowest BCUT2D eigenvalue weighted by Crippen LogP contribution is -1.95. The summed E-state index contributed by atoms with van der Waals surface area (Å²) in [5.74, 6) is -0.244. The lowest BCUT2D eigenvalue weighted by Gasteiger charge is -1.95. The smallest absolute Gasteiger partial charge is 0.123 e. The van der Waals surface area contributed by atoms with Crippen LogP contribution in [0.1, 0.15) is 5.69 Å². The van der Waals surface area contributed by atoms with Crippen molar-refractivity contribution in [3.05, 3.63) is 41.2 Å². The van der Waals surface area contributed by atoms with Crippen LogP contribution in [0.2, 0.25) is 0 Å². The lowest BCUT2D eigenvalue weighted by molar-refractivity contribution is 0.628. The third-order valence-corrected chi connectivity index (χ3v) is 2.77. The maximum absolute atomic E-state index is 12.9. The summed E-state index contributed by atoms with van der Waals surface area (Å²) in [5.41, 5.74) is 7.08. The molecule has 80 valence electrons. The molecule has 2 N–H and O–H groups in total. The number of nitrogens with zero attached hydrogens (tertiary/aromatic N) is 1. The van der Waals surface area contributed by atoms with E-state index in [9.17, 15) is 4.39 Å². The van der Waals surface area contributed by atoms with Gasteiger partial charge in [-0.3, -0.25) is 0 Å². The van der Waals surface area contributed by atoms with Crippen molar-refractivity contribution in [2.24, 2.45) is 5.73 Å². The van der Waals surface area contributed by atoms with Crippen LogP contribution in [0, 0.1) is 5.82 Å². The summed E-state index contributed by atoms with van der Waals surface area (Å²) >= 11 is 1.48. The van der Waals surface area contributed by atoms with Gasteiger partial charge in [-0.1, -0.05) is 12.1 Å². The monoisotopic (exact) mass is 244 g/mol. The number of nitrogens with two attached hydrogens (primary N) is 1. The molecule has 1 heterocycles. The number of halogens is 2. The Morgan fingerprint density at radius 2 is 2.20 bits per heavy atom. The van der Waals surface area contributed by atoms with E-state index in [-0.39, 0.29) is 18.2 Å². The van der Waals surface area contributed by atoms with Gasteiger partial charge in [-0.15, -0.1) is 23.7 Å². The fourth-order valence-corrected chi connectivity index (χ4v) is 1.98. The molecular formula is C10H10ClFN2S. The molecule has 1 aromatic heterocycles. The van der Waals surface area contributed by atoms with Crippen LogP contribution in [0.4, 0.5) is 4.39 Å². The summed E-state index contributed by atoms with van der Waals surface area (Å²) in [7, 11) is 0. The lowest BCUT2D eigenvalue weighted by atomic mass is 10.2. The van der Waals surface area contributed by atoms with Crippen LogP contribution >= 0.6 is 23.7 Å². The number of aromatic nitrogens is 1. The Balaban J connectivity index is 0.00000112. The second-order valence-corrected chi connectivity index (χ2v) is 3.72. The normalized spacial score (nSPS) is 9.73. The van der Waals surface area contributed by atoms with Gasteiger partial charge in [0.25, 0.3) is 0 Å². The van der Waals surface area contributed by atoms with Crippen LogP contribution in [-0.4, -0.2) is 4.98 Å². The Morgan fingerprint density at radius 1 is 1.40 bits per heavy atom. The van der Waals surface area contributed by atoms with Crippen LogP contribution in [0.15, 0.2) is 29.6 Å². The minimum absolute atomic E-state index is 0. The molecule has 15 heavy (non-hydrogen) atoms. The first kappa shape index (κ1) is 12.1. The molecule has 0 unspecified atom stereocenters. The molecule has 0 amide bonds. The van der Waals surface area contributed by atoms with Gasteiger partial charge in [0.15, 0.2) is 0 Å². The molecule has 0 radical (unpaired) electrons. The molecule has 0 bridgehead atoms. The van der Waals surface area contributed by atoms with Crippen molar-refractivity contribution >= 4 is 23.7 Å². The van der Waals surface area contributed by atoms with Crippen molar-refractivity contribution in [3.63, 3.8) is 0 Å². The first-order valence-electron chi connectivity index (χ1n) is 4.20. The fraction of sp³-hybridized carbons (Fsp3) is 0.100. The van der Waals surface area contributed by atoms with Crippen LogP contribution < -0.4 is 5.73 Å². The average molecular weight is 245 g/mol. The van der Waals surface area contributed by atoms with Crippen LogP contribution in [0.3, 0.4) is 0 Å². The Labute approximate surface area is 97.4 Å². The second kappa shape index (κ2) is 5.21. The van der Waals surface area contributed by atoms with E-state index >= 15 is 0 Å². The van der Waals surface area contributed by atoms with Gasteiger partial charge >= 0.3 is 0 Å². The number of hydrogen-bond donors (Lipinski definition) is 1. The predicted octanol–water partition coefficient (Wildman–Crippen LogP) is 2.83. The van der Waals surface area contributed by atoms with E-state index in [1.165, 1.54) is 23.5 Å². The van der Waals surface area contributed by atoms with Crippen molar-refractivity contribution in [1.82, 2.24) is 4.98 Å². The molecule has 0 aliphatic rings. The van der Waals surface area contributed by atoms with Gasteiger partial charge in [0.05, 0.1) is 5.69 Å². The highest BCUT2D eigenvalue weighted by atomic mass is 35.5. The highest BCUT2D eigenvalue weighted by molar-refractivity contribution is 7.13. The van der Waals surface area contributed by atoms with Crippen molar-refractivity contribution in [2.75, 3.05) is 0 Å². The van der Waals surface area contributed by atoms with Gasteiger partial charge in [0.1, 0.15) is 10.8 Å². The summed E-state index contributed by atoms with van der Waals surface area (Å²) < 4.78 is 12.9. The van der Waals surface area contributed by atoms with E-state index in [0.717, 1.165) is 16.3 Å². The summed E-state index contributed by atoms with van der Waals surface area (Å²) in [6.45, 7) is 0.422. The molecule has 0 saturated heterocycles. The Bertz CT molecular complexity index is 444. The molecule has 5 heteroatoms. The molecule has 2 rings (SSSR count). The molecule has 0 saturated carbocycles. The van der Waals surface area contributed by atoms with Gasteiger partial charge in [-0.2, -0.15) is 0 Å². The summed E-state index contributed by atoms with van der Waals surface area (Å²) in [5, 5.41) is 2.70. The third-order valence-electron chi connectivity index (χ3n) is 1.83. The second-order valence-electron chi connectivity index (χ2n) is 2.86. The molecular weight excluding hydrogens is 235 g/mol. The largest absolute Gasteiger partial charge is 0.325 e. The van der Waals surface area contributed by atoms with Crippen LogP contribution in [0.5, 0.6) is 0 Å². The molecule has 0 aliphatic heterocycles. The van der Waals surface area contributed by atoms with Gasteiger partial charge in [-0.25, -0.2) is 9.37 Å². The van der Waals surface area contributed by atoms with Gasteiger partial charge < -0.3 is 5.73 Å². The number of benzene rings is 1. The zero-order valence-electron chi connectivity index (χ0n) is 7.81. The third kappa shape index (κ3) is 2.75. The first-order chi connectivity index (χ1) is 6.79. The standard InChI is InChI=1S/C10H9FN2S.ClH/c11-8-3-1-2-7(4-8)10-13-9(5-12)6-14-10;/h1-4,6H,5,12H2;1H. The average Bonchev–Trinajstić information content (AvgIpc) is 2.66. The van der Waals surface area contributed by atoms with E-state index in [0.29, 0.717) is 6.54 Å². The maximum Gasteiger partial charge on any atom is 0.123 e. The quantitative estimate of drug-likeness (QED) is 0.882. The maximum atomic E-state index is 12.9. The zero-order valence-corrected chi connectivity index (χ0v) is 9.45. The van der Waals surface area contributed by atoms with Gasteiger partial charge in [-0.05, 0) is 12.1 Å². The minimum atomic E-state index is -0.244. The van der Waals surface area contributed by atoms with Crippen molar-refractivity contribution in [2.45, 2.75) is 6.54 Å². The van der Waals surface area contributed by atoms with Crippen LogP contribution in [-0.2, 0) is 6.54 Å². The van der Waals surface area contributed by atoms with Crippen molar-refractivity contribution in [3.8, 4) is 10.6 Å². The van der Waals surface area contributed by atoms with E-state index < -0.39 is 0 Å². The van der Waals surface area contributed by atoms with Crippen molar-refractivity contribution in [1.29, 1.82) is 0 Å². The summed E-state index contributed by atoms with van der Waals surface area (Å²) in [4.78, 5) is 4.27. The summed E-state index contributed by atoms with van der Waals surface area (Å²) in [6.07, 6.45) is 0. The SMILES string of the molecule is Cl.NCc1csc(-c2cccc(F)c2)n1. The van der Waals surface area contributed by atoms with E-state index in [2.05, 4.69) is 4.98 Å². The number of hydrogen-bond acceptors (Lipinski definition) is 3. The summed E-state index contributed by atoms with van der Waals surface area (Å²) in [6, 6.07) is 6.40. The van der Waals surface area contributed by atoms with E-state index in [1.807, 2.05) is 11.4 Å². The molecule has 2 nitrogen and oxygen atoms in total. The van der Waals surface area contributed by atoms with E-state index in [1.54, 1.807) is 6.07 Å². The van der Waals surface area contributed by atoms with Crippen LogP contribution in [0.25, 0.3) is 10.6 Å². The predicted molar refractivity (Wildman–Crippen MR) is 62.6 cm³/mol. The Morgan fingerprint density at radius 3 is 2.80 bits per heavy atom. The first-order valence-corrected chi connectivity index (χ1v) is 5.08. The van der Waals surface area contributed by atoms with Gasteiger partial charge in [0.2, 0.25) is 0 Å². The fourth-order valence-electron chi connectivity index (χ4n) is 1.15. The highest BCUT2D eigenvalue weighted by Crippen LogP contribution is 2.23. The number of rotatable bonds is 2. The van der Waals surface area contributed by atoms with E-state index in [4.69, 9.17) is 5.73 Å².